The molecule has 5 nitrogen and oxygen atoms in total. The second-order valence-corrected chi connectivity index (χ2v) is 11.0. The standard InChI is InChI=1S/C34H32FN3O2/c1-34(2,3)26-13-9-24(10-14-26)22-38-30-18-17-29(36-32(39)19-23-11-15-27(35)16-12-23)20-25(30)21-31(38)33(40)37-28-7-5-4-6-8-28/h4-18,20-21H,19,22H2,1-3H3,(H,36,39)(H,37,40). The molecule has 5 aromatic rings. The highest BCUT2D eigenvalue weighted by Crippen LogP contribution is 2.27. The van der Waals surface area contributed by atoms with E-state index in [0.717, 1.165) is 22.0 Å². The molecular weight excluding hydrogens is 501 g/mol. The normalized spacial score (nSPS) is 11.4. The van der Waals surface area contributed by atoms with Gasteiger partial charge in [-0.2, -0.15) is 0 Å². The average molecular weight is 534 g/mol. The van der Waals surface area contributed by atoms with Crippen LogP contribution >= 0.6 is 0 Å². The van der Waals surface area contributed by atoms with Gasteiger partial charge in [0.15, 0.2) is 0 Å². The molecule has 0 aliphatic heterocycles. The van der Waals surface area contributed by atoms with Gasteiger partial charge in [-0.15, -0.1) is 0 Å². The lowest BCUT2D eigenvalue weighted by molar-refractivity contribution is -0.115. The Balaban J connectivity index is 1.44. The third-order valence-electron chi connectivity index (χ3n) is 6.89. The quantitative estimate of drug-likeness (QED) is 0.227. The summed E-state index contributed by atoms with van der Waals surface area (Å²) in [5.41, 5.74) is 5.85. The third kappa shape index (κ3) is 6.29. The molecule has 0 radical (unpaired) electrons. The number of amides is 2. The molecule has 1 aromatic heterocycles. The highest BCUT2D eigenvalue weighted by atomic mass is 19.1. The van der Waals surface area contributed by atoms with Crippen molar-refractivity contribution in [2.24, 2.45) is 0 Å². The van der Waals surface area contributed by atoms with E-state index in [0.29, 0.717) is 23.6 Å². The lowest BCUT2D eigenvalue weighted by Gasteiger charge is -2.19. The number of carbonyl (C=O) groups is 2. The molecule has 0 aliphatic rings. The number of rotatable bonds is 7. The first kappa shape index (κ1) is 26.9. The van der Waals surface area contributed by atoms with Crippen molar-refractivity contribution >= 4 is 34.1 Å². The van der Waals surface area contributed by atoms with Crippen molar-refractivity contribution in [3.05, 3.63) is 131 Å². The summed E-state index contributed by atoms with van der Waals surface area (Å²) in [7, 11) is 0. The minimum atomic E-state index is -0.337. The highest BCUT2D eigenvalue weighted by Gasteiger charge is 2.18. The van der Waals surface area contributed by atoms with Crippen molar-refractivity contribution in [1.29, 1.82) is 0 Å². The summed E-state index contributed by atoms with van der Waals surface area (Å²) < 4.78 is 15.2. The molecule has 202 valence electrons. The monoisotopic (exact) mass is 533 g/mol. The van der Waals surface area contributed by atoms with Gasteiger partial charge in [0.05, 0.1) is 6.42 Å². The SMILES string of the molecule is CC(C)(C)c1ccc(Cn2c(C(=O)Nc3ccccc3)cc3cc(NC(=O)Cc4ccc(F)cc4)ccc32)cc1. The molecule has 0 saturated carbocycles. The molecule has 40 heavy (non-hydrogen) atoms. The number of aromatic nitrogens is 1. The Labute approximate surface area is 233 Å². The van der Waals surface area contributed by atoms with Crippen molar-refractivity contribution in [1.82, 2.24) is 4.57 Å². The number of para-hydroxylation sites is 1. The number of halogens is 1. The number of benzene rings is 4. The van der Waals surface area contributed by atoms with E-state index >= 15 is 0 Å². The Hall–Kier alpha value is -4.71. The summed E-state index contributed by atoms with van der Waals surface area (Å²) >= 11 is 0. The zero-order valence-corrected chi connectivity index (χ0v) is 22.9. The summed E-state index contributed by atoms with van der Waals surface area (Å²) in [4.78, 5) is 26.1. The van der Waals surface area contributed by atoms with Crippen LogP contribution < -0.4 is 10.6 Å². The maximum Gasteiger partial charge on any atom is 0.272 e. The van der Waals surface area contributed by atoms with Crippen molar-refractivity contribution in [2.75, 3.05) is 10.6 Å². The molecule has 2 amide bonds. The summed E-state index contributed by atoms with van der Waals surface area (Å²) in [6.45, 7) is 7.07. The van der Waals surface area contributed by atoms with Gasteiger partial charge in [0.2, 0.25) is 5.91 Å². The van der Waals surface area contributed by atoms with Crippen molar-refractivity contribution < 1.29 is 14.0 Å². The molecule has 0 saturated heterocycles. The number of carbonyl (C=O) groups excluding carboxylic acids is 2. The molecule has 6 heteroatoms. The van der Waals surface area contributed by atoms with Crippen LogP contribution in [-0.2, 0) is 23.2 Å². The molecule has 0 unspecified atom stereocenters. The smallest absolute Gasteiger partial charge is 0.272 e. The van der Waals surface area contributed by atoms with Gasteiger partial charge in [0.25, 0.3) is 5.91 Å². The fourth-order valence-electron chi connectivity index (χ4n) is 4.71. The van der Waals surface area contributed by atoms with Gasteiger partial charge in [-0.05, 0) is 70.6 Å². The number of anilines is 2. The Morgan fingerprint density at radius 1 is 0.750 bits per heavy atom. The molecular formula is C34H32FN3O2. The first-order chi connectivity index (χ1) is 19.2. The summed E-state index contributed by atoms with van der Waals surface area (Å²) in [6.07, 6.45) is 0.134. The van der Waals surface area contributed by atoms with Gasteiger partial charge < -0.3 is 15.2 Å². The van der Waals surface area contributed by atoms with E-state index in [4.69, 9.17) is 0 Å². The fourth-order valence-corrected chi connectivity index (χ4v) is 4.71. The maximum atomic E-state index is 13.4. The van der Waals surface area contributed by atoms with E-state index in [1.54, 1.807) is 12.1 Å². The van der Waals surface area contributed by atoms with E-state index in [9.17, 15) is 14.0 Å². The maximum absolute atomic E-state index is 13.4. The number of fused-ring (bicyclic) bond motifs is 1. The molecule has 0 spiro atoms. The third-order valence-corrected chi connectivity index (χ3v) is 6.89. The molecule has 2 N–H and O–H groups in total. The first-order valence-electron chi connectivity index (χ1n) is 13.3. The lowest BCUT2D eigenvalue weighted by Crippen LogP contribution is -2.17. The second kappa shape index (κ2) is 11.2. The first-order valence-corrected chi connectivity index (χ1v) is 13.3. The van der Waals surface area contributed by atoms with Crippen LogP contribution in [0, 0.1) is 5.82 Å². The summed E-state index contributed by atoms with van der Waals surface area (Å²) in [5, 5.41) is 6.76. The average Bonchev–Trinajstić information content (AvgIpc) is 3.28. The van der Waals surface area contributed by atoms with Crippen LogP contribution in [0.4, 0.5) is 15.8 Å². The van der Waals surface area contributed by atoms with Gasteiger partial charge in [-0.3, -0.25) is 9.59 Å². The molecule has 4 aromatic carbocycles. The van der Waals surface area contributed by atoms with Gasteiger partial charge in [-0.1, -0.05) is 75.4 Å². The molecule has 0 fully saturated rings. The topological polar surface area (TPSA) is 63.1 Å². The largest absolute Gasteiger partial charge is 0.332 e. The molecule has 1 heterocycles. The zero-order valence-electron chi connectivity index (χ0n) is 22.9. The lowest BCUT2D eigenvalue weighted by atomic mass is 9.87. The second-order valence-electron chi connectivity index (χ2n) is 11.0. The van der Waals surface area contributed by atoms with E-state index in [1.807, 2.05) is 59.2 Å². The van der Waals surface area contributed by atoms with Crippen molar-refractivity contribution in [2.45, 2.75) is 39.2 Å². The van der Waals surface area contributed by atoms with Gasteiger partial charge in [-0.25, -0.2) is 4.39 Å². The summed E-state index contributed by atoms with van der Waals surface area (Å²) in [5.74, 6) is -0.752. The molecule has 0 bridgehead atoms. The van der Waals surface area contributed by atoms with Crippen molar-refractivity contribution in [3.63, 3.8) is 0 Å². The summed E-state index contributed by atoms with van der Waals surface area (Å²) in [6, 6.07) is 31.2. The van der Waals surface area contributed by atoms with Gasteiger partial charge >= 0.3 is 0 Å². The predicted molar refractivity (Wildman–Crippen MR) is 159 cm³/mol. The van der Waals surface area contributed by atoms with E-state index < -0.39 is 0 Å². The van der Waals surface area contributed by atoms with Crippen LogP contribution in [0.3, 0.4) is 0 Å². The number of nitrogens with one attached hydrogen (secondary N) is 2. The van der Waals surface area contributed by atoms with E-state index in [2.05, 4.69) is 55.7 Å². The Bertz CT molecular complexity index is 1650. The van der Waals surface area contributed by atoms with Gasteiger partial charge in [0, 0.05) is 28.8 Å². The number of hydrogen-bond donors (Lipinski definition) is 2. The van der Waals surface area contributed by atoms with Crippen LogP contribution in [-0.4, -0.2) is 16.4 Å². The predicted octanol–water partition coefficient (Wildman–Crippen LogP) is 7.56. The molecule has 0 aliphatic carbocycles. The van der Waals surface area contributed by atoms with Crippen molar-refractivity contribution in [3.8, 4) is 0 Å². The van der Waals surface area contributed by atoms with E-state index in [-0.39, 0.29) is 29.5 Å². The Kier molecular flexibility index (Phi) is 7.52. The van der Waals surface area contributed by atoms with Crippen LogP contribution in [0.15, 0.2) is 103 Å². The Morgan fingerprint density at radius 2 is 1.43 bits per heavy atom. The minimum absolute atomic E-state index is 0.0525. The number of hydrogen-bond acceptors (Lipinski definition) is 2. The number of nitrogens with zero attached hydrogens (tertiary/aromatic N) is 1. The minimum Gasteiger partial charge on any atom is -0.332 e. The fraction of sp³-hybridized carbons (Fsp3) is 0.176. The molecule has 5 rings (SSSR count). The van der Waals surface area contributed by atoms with E-state index in [1.165, 1.54) is 17.7 Å². The zero-order chi connectivity index (χ0) is 28.3. The molecule has 0 atom stereocenters. The van der Waals surface area contributed by atoms with Crippen LogP contribution in [0.5, 0.6) is 0 Å². The van der Waals surface area contributed by atoms with Gasteiger partial charge in [0.1, 0.15) is 11.5 Å². The van der Waals surface area contributed by atoms with Crippen LogP contribution in [0.2, 0.25) is 0 Å². The van der Waals surface area contributed by atoms with Crippen LogP contribution in [0.1, 0.15) is 48.0 Å². The van der Waals surface area contributed by atoms with Crippen LogP contribution in [0.25, 0.3) is 10.9 Å². The highest BCUT2D eigenvalue weighted by molar-refractivity contribution is 6.07. The Morgan fingerprint density at radius 3 is 2.10 bits per heavy atom.